The van der Waals surface area contributed by atoms with Crippen LogP contribution in [0, 0.1) is 0 Å². The van der Waals surface area contributed by atoms with Crippen LogP contribution in [0.1, 0.15) is 48.0 Å². The number of amides is 1. The van der Waals surface area contributed by atoms with E-state index >= 15 is 0 Å². The molecule has 33 heavy (non-hydrogen) atoms. The molecule has 0 heterocycles. The van der Waals surface area contributed by atoms with E-state index in [0.717, 1.165) is 29.7 Å². The van der Waals surface area contributed by atoms with Crippen molar-refractivity contribution in [3.63, 3.8) is 0 Å². The van der Waals surface area contributed by atoms with E-state index < -0.39 is 0 Å². The Morgan fingerprint density at radius 2 is 1.73 bits per heavy atom. The van der Waals surface area contributed by atoms with Crippen molar-refractivity contribution in [3.8, 4) is 22.6 Å². The summed E-state index contributed by atoms with van der Waals surface area (Å²) < 4.78 is 11.5. The first kappa shape index (κ1) is 22.7. The van der Waals surface area contributed by atoms with E-state index in [2.05, 4.69) is 23.5 Å². The first-order valence-corrected chi connectivity index (χ1v) is 11.6. The van der Waals surface area contributed by atoms with Crippen LogP contribution in [0.2, 0.25) is 0 Å². The Morgan fingerprint density at radius 1 is 0.939 bits per heavy atom. The van der Waals surface area contributed by atoms with Gasteiger partial charge in [-0.05, 0) is 73.6 Å². The van der Waals surface area contributed by atoms with Crippen LogP contribution in [0.15, 0.2) is 84.4 Å². The molecule has 0 radical (unpaired) electrons. The van der Waals surface area contributed by atoms with Crippen molar-refractivity contribution in [2.45, 2.75) is 38.7 Å². The van der Waals surface area contributed by atoms with Crippen LogP contribution in [0.5, 0.6) is 11.5 Å². The molecule has 4 heteroatoms. The Morgan fingerprint density at radius 3 is 2.45 bits per heavy atom. The van der Waals surface area contributed by atoms with Crippen LogP contribution in [0.4, 0.5) is 0 Å². The van der Waals surface area contributed by atoms with Gasteiger partial charge in [0.2, 0.25) is 0 Å². The van der Waals surface area contributed by atoms with Gasteiger partial charge in [0.15, 0.2) is 0 Å². The molecule has 1 N–H and O–H groups in total. The number of hydrogen-bond donors (Lipinski definition) is 1. The molecule has 3 aromatic rings. The molecule has 1 aliphatic rings. The maximum absolute atomic E-state index is 12.7. The molecule has 4 nitrogen and oxygen atoms in total. The molecular weight excluding hydrogens is 410 g/mol. The lowest BCUT2D eigenvalue weighted by atomic mass is 9.97. The third-order valence-electron chi connectivity index (χ3n) is 6.02. The number of carbonyl (C=O) groups is 1. The summed E-state index contributed by atoms with van der Waals surface area (Å²) in [5.41, 5.74) is 5.23. The topological polar surface area (TPSA) is 47.6 Å². The van der Waals surface area contributed by atoms with E-state index in [1.807, 2.05) is 54.6 Å². The highest BCUT2D eigenvalue weighted by atomic mass is 16.5. The average molecular weight is 442 g/mol. The second-order valence-corrected chi connectivity index (χ2v) is 8.32. The minimum absolute atomic E-state index is 0.0671. The normalized spacial score (nSPS) is 13.2. The number of ether oxygens (including phenoxy) is 2. The van der Waals surface area contributed by atoms with Crippen LogP contribution in [-0.4, -0.2) is 19.6 Å². The van der Waals surface area contributed by atoms with Gasteiger partial charge in [0.05, 0.1) is 7.11 Å². The fourth-order valence-corrected chi connectivity index (χ4v) is 4.14. The molecule has 0 spiro atoms. The summed E-state index contributed by atoms with van der Waals surface area (Å²) in [5.74, 6) is 1.41. The van der Waals surface area contributed by atoms with Gasteiger partial charge in [-0.25, -0.2) is 0 Å². The predicted octanol–water partition coefficient (Wildman–Crippen LogP) is 6.56. The highest BCUT2D eigenvalue weighted by Crippen LogP contribution is 2.25. The van der Waals surface area contributed by atoms with Crippen LogP contribution < -0.4 is 14.8 Å². The van der Waals surface area contributed by atoms with Gasteiger partial charge in [0.25, 0.3) is 5.91 Å². The zero-order valence-corrected chi connectivity index (χ0v) is 19.2. The predicted molar refractivity (Wildman–Crippen MR) is 133 cm³/mol. The SMILES string of the molecule is COc1ccc(C(=O)NCCC2=CCCCC2)cc1COc1ccc(-c2ccccc2)cc1. The molecule has 1 aliphatic carbocycles. The maximum atomic E-state index is 12.7. The highest BCUT2D eigenvalue weighted by molar-refractivity contribution is 5.94. The third kappa shape index (κ3) is 6.26. The number of allylic oxidation sites excluding steroid dienone is 1. The number of carbonyl (C=O) groups excluding carboxylic acids is 1. The fraction of sp³-hybridized carbons (Fsp3) is 0.276. The van der Waals surface area contributed by atoms with Crippen molar-refractivity contribution in [1.29, 1.82) is 0 Å². The molecule has 1 amide bonds. The van der Waals surface area contributed by atoms with Gasteiger partial charge in [-0.3, -0.25) is 4.79 Å². The van der Waals surface area contributed by atoms with Gasteiger partial charge in [-0.15, -0.1) is 0 Å². The summed E-state index contributed by atoms with van der Waals surface area (Å²) >= 11 is 0. The lowest BCUT2D eigenvalue weighted by Gasteiger charge is -2.14. The molecule has 0 bridgehead atoms. The van der Waals surface area contributed by atoms with Crippen molar-refractivity contribution >= 4 is 5.91 Å². The molecule has 0 saturated heterocycles. The number of hydrogen-bond acceptors (Lipinski definition) is 3. The van der Waals surface area contributed by atoms with Crippen LogP contribution >= 0.6 is 0 Å². The Hall–Kier alpha value is -3.53. The van der Waals surface area contributed by atoms with Gasteiger partial charge in [-0.2, -0.15) is 0 Å². The van der Waals surface area contributed by atoms with Crippen LogP contribution in [-0.2, 0) is 6.61 Å². The van der Waals surface area contributed by atoms with Crippen molar-refractivity contribution in [2.75, 3.05) is 13.7 Å². The summed E-state index contributed by atoms with van der Waals surface area (Å²) in [5, 5.41) is 3.05. The largest absolute Gasteiger partial charge is 0.496 e. The van der Waals surface area contributed by atoms with Gasteiger partial charge < -0.3 is 14.8 Å². The molecule has 0 unspecified atom stereocenters. The second kappa shape index (κ2) is 11.4. The zero-order valence-electron chi connectivity index (χ0n) is 19.2. The van der Waals surface area contributed by atoms with E-state index in [0.29, 0.717) is 24.5 Å². The fourth-order valence-electron chi connectivity index (χ4n) is 4.14. The Kier molecular flexibility index (Phi) is 7.81. The van der Waals surface area contributed by atoms with Gasteiger partial charge in [0, 0.05) is 17.7 Å². The first-order chi connectivity index (χ1) is 16.2. The molecule has 3 aromatic carbocycles. The van der Waals surface area contributed by atoms with Crippen LogP contribution in [0.3, 0.4) is 0 Å². The summed E-state index contributed by atoms with van der Waals surface area (Å²) in [6.45, 7) is 0.984. The monoisotopic (exact) mass is 441 g/mol. The Balaban J connectivity index is 1.36. The lowest BCUT2D eigenvalue weighted by molar-refractivity contribution is 0.0954. The highest BCUT2D eigenvalue weighted by Gasteiger charge is 2.12. The minimum Gasteiger partial charge on any atom is -0.496 e. The van der Waals surface area contributed by atoms with Crippen molar-refractivity contribution in [2.24, 2.45) is 0 Å². The molecule has 0 aliphatic heterocycles. The van der Waals surface area contributed by atoms with Crippen molar-refractivity contribution in [3.05, 3.63) is 95.6 Å². The number of methoxy groups -OCH3 is 1. The maximum Gasteiger partial charge on any atom is 0.251 e. The molecule has 0 aromatic heterocycles. The van der Waals surface area contributed by atoms with Crippen LogP contribution in [0.25, 0.3) is 11.1 Å². The molecule has 0 saturated carbocycles. The summed E-state index contributed by atoms with van der Waals surface area (Å²) in [4.78, 5) is 12.7. The van der Waals surface area contributed by atoms with E-state index in [9.17, 15) is 4.79 Å². The molecule has 0 fully saturated rings. The van der Waals surface area contributed by atoms with Crippen molar-refractivity contribution < 1.29 is 14.3 Å². The van der Waals surface area contributed by atoms with Crippen molar-refractivity contribution in [1.82, 2.24) is 5.32 Å². The lowest BCUT2D eigenvalue weighted by Crippen LogP contribution is -2.25. The number of nitrogens with one attached hydrogen (secondary N) is 1. The van der Waals surface area contributed by atoms with E-state index in [-0.39, 0.29) is 5.91 Å². The minimum atomic E-state index is -0.0671. The molecule has 4 rings (SSSR count). The number of benzene rings is 3. The number of rotatable bonds is 9. The van der Waals surface area contributed by atoms with Gasteiger partial charge in [-0.1, -0.05) is 54.1 Å². The molecular formula is C29H31NO3. The Bertz CT molecular complexity index is 1090. The molecule has 0 atom stereocenters. The van der Waals surface area contributed by atoms with E-state index in [1.54, 1.807) is 13.2 Å². The summed E-state index contributed by atoms with van der Waals surface area (Å²) in [6, 6.07) is 23.8. The average Bonchev–Trinajstić information content (AvgIpc) is 2.88. The summed E-state index contributed by atoms with van der Waals surface area (Å²) in [6.07, 6.45) is 8.12. The Labute approximate surface area is 196 Å². The van der Waals surface area contributed by atoms with E-state index in [1.165, 1.54) is 30.4 Å². The van der Waals surface area contributed by atoms with Gasteiger partial charge in [0.1, 0.15) is 18.1 Å². The van der Waals surface area contributed by atoms with Gasteiger partial charge >= 0.3 is 0 Å². The zero-order chi connectivity index (χ0) is 22.9. The van der Waals surface area contributed by atoms with E-state index in [4.69, 9.17) is 9.47 Å². The standard InChI is InChI=1S/C29H31NO3/c1-32-28-17-14-25(29(31)30-19-18-22-8-4-2-5-9-22)20-26(28)21-33-27-15-12-24(13-16-27)23-10-6-3-7-11-23/h3,6-8,10-17,20H,2,4-5,9,18-19,21H2,1H3,(H,30,31). The smallest absolute Gasteiger partial charge is 0.251 e. The first-order valence-electron chi connectivity index (χ1n) is 11.6. The summed E-state index contributed by atoms with van der Waals surface area (Å²) in [7, 11) is 1.63. The quantitative estimate of drug-likeness (QED) is 0.383. The second-order valence-electron chi connectivity index (χ2n) is 8.32. The molecule has 170 valence electrons. The third-order valence-corrected chi connectivity index (χ3v) is 6.02.